The van der Waals surface area contributed by atoms with Gasteiger partial charge in [0.25, 0.3) is 0 Å². The average molecular weight is 836 g/mol. The molecular formula is C43H53N3O12S. The number of ether oxygens (including phenoxy) is 8. The molecule has 1 aliphatic heterocycles. The number of benzene rings is 4. The van der Waals surface area contributed by atoms with Gasteiger partial charge in [-0.05, 0) is 47.5 Å². The first kappa shape index (κ1) is 44.4. The highest BCUT2D eigenvalue weighted by atomic mass is 32.1. The number of hydrogen-bond donors (Lipinski definition) is 4. The normalized spacial score (nSPS) is 19.3. The standard InChI is InChI=1S/C43H53N3O12S/c1-51-19-20-53-23-24-54-22-21-52-18-17-46(32-5-3-2-4-6-32)33-11-7-30(8-12-33)35-15-16-36(39-38(35)44-59-45-39)31-9-13-34(14-10-31)56-27-25-55-26-28-57-43-42(50)41(49)40(48)37(29-47)58-43/h2-16,37,40-43,47-50H,17-29H2,1H3/t37-,40-,41+,42+,43+/m0/s1. The third-order valence-electron chi connectivity index (χ3n) is 9.63. The number of rotatable bonds is 25. The van der Waals surface area contributed by atoms with Crippen LogP contribution in [-0.4, -0.2) is 153 Å². The maximum Gasteiger partial charge on any atom is 0.186 e. The van der Waals surface area contributed by atoms with Crippen LogP contribution in [0.3, 0.4) is 0 Å². The van der Waals surface area contributed by atoms with Crippen molar-refractivity contribution in [3.8, 4) is 28.0 Å². The molecule has 0 bridgehead atoms. The van der Waals surface area contributed by atoms with Gasteiger partial charge >= 0.3 is 0 Å². The molecule has 1 saturated heterocycles. The van der Waals surface area contributed by atoms with Crippen molar-refractivity contribution in [2.45, 2.75) is 30.7 Å². The molecule has 15 nitrogen and oxygen atoms in total. The van der Waals surface area contributed by atoms with Crippen molar-refractivity contribution in [1.82, 2.24) is 8.75 Å². The van der Waals surface area contributed by atoms with Gasteiger partial charge in [-0.2, -0.15) is 8.75 Å². The highest BCUT2D eigenvalue weighted by Gasteiger charge is 2.44. The van der Waals surface area contributed by atoms with Crippen LogP contribution in [0.1, 0.15) is 0 Å². The Labute approximate surface area is 347 Å². The van der Waals surface area contributed by atoms with E-state index in [0.29, 0.717) is 65.1 Å². The van der Waals surface area contributed by atoms with E-state index in [2.05, 4.69) is 57.8 Å². The second-order valence-electron chi connectivity index (χ2n) is 13.5. The Kier molecular flexibility index (Phi) is 17.8. The molecule has 1 aliphatic rings. The topological polar surface area (TPSA) is 184 Å². The van der Waals surface area contributed by atoms with E-state index in [1.807, 2.05) is 42.5 Å². The number of aliphatic hydroxyl groups excluding tert-OH is 4. The maximum atomic E-state index is 10.1. The lowest BCUT2D eigenvalue weighted by molar-refractivity contribution is -0.302. The van der Waals surface area contributed by atoms with Gasteiger partial charge in [-0.25, -0.2) is 0 Å². The highest BCUT2D eigenvalue weighted by Crippen LogP contribution is 2.36. The molecule has 5 atom stereocenters. The Morgan fingerprint density at radius 2 is 1.14 bits per heavy atom. The Morgan fingerprint density at radius 1 is 0.593 bits per heavy atom. The van der Waals surface area contributed by atoms with Crippen LogP contribution in [0, 0.1) is 0 Å². The lowest BCUT2D eigenvalue weighted by Crippen LogP contribution is -2.59. The summed E-state index contributed by atoms with van der Waals surface area (Å²) < 4.78 is 53.5. The van der Waals surface area contributed by atoms with Gasteiger partial charge in [0.2, 0.25) is 0 Å². The van der Waals surface area contributed by atoms with Gasteiger partial charge in [-0.1, -0.05) is 54.6 Å². The Bertz CT molecular complexity index is 1940. The van der Waals surface area contributed by atoms with Crippen molar-refractivity contribution in [3.63, 3.8) is 0 Å². The third-order valence-corrected chi connectivity index (χ3v) is 10.2. The SMILES string of the molecule is COCCOCCOCCOCCN(c1ccccc1)c1ccc(-c2ccc(-c3ccc(OCCOCCO[C@@H]4O[C@@H](CO)[C@H](O)[C@@H](O)[C@H]4O)cc3)c3nsnc23)cc1. The minimum Gasteiger partial charge on any atom is -0.491 e. The summed E-state index contributed by atoms with van der Waals surface area (Å²) in [6.45, 7) is 4.70. The first-order chi connectivity index (χ1) is 29.0. The number of hydrogen-bond acceptors (Lipinski definition) is 16. The van der Waals surface area contributed by atoms with Gasteiger partial charge in [0.05, 0.1) is 84.4 Å². The van der Waals surface area contributed by atoms with Crippen molar-refractivity contribution in [2.75, 3.05) is 97.8 Å². The monoisotopic (exact) mass is 835 g/mol. The molecule has 59 heavy (non-hydrogen) atoms. The van der Waals surface area contributed by atoms with Crippen molar-refractivity contribution >= 4 is 34.1 Å². The molecule has 0 unspecified atom stereocenters. The van der Waals surface area contributed by atoms with Crippen LogP contribution in [0.2, 0.25) is 0 Å². The van der Waals surface area contributed by atoms with E-state index in [1.54, 1.807) is 7.11 Å². The first-order valence-electron chi connectivity index (χ1n) is 19.6. The fourth-order valence-corrected chi connectivity index (χ4v) is 7.06. The zero-order chi connectivity index (χ0) is 41.2. The fraction of sp³-hybridized carbons (Fsp3) is 0.442. The first-order valence-corrected chi connectivity index (χ1v) is 20.3. The number of anilines is 2. The van der Waals surface area contributed by atoms with Crippen LogP contribution >= 0.6 is 11.7 Å². The predicted molar refractivity (Wildman–Crippen MR) is 222 cm³/mol. The zero-order valence-corrected chi connectivity index (χ0v) is 33.9. The third kappa shape index (κ3) is 12.5. The van der Waals surface area contributed by atoms with Crippen molar-refractivity contribution in [3.05, 3.63) is 91.0 Å². The smallest absolute Gasteiger partial charge is 0.186 e. The van der Waals surface area contributed by atoms with Crippen LogP contribution in [-0.2, 0) is 33.2 Å². The van der Waals surface area contributed by atoms with Crippen LogP contribution in [0.4, 0.5) is 11.4 Å². The molecule has 0 amide bonds. The van der Waals surface area contributed by atoms with Gasteiger partial charge in [0, 0.05) is 36.2 Å². The number of nitrogens with zero attached hydrogens (tertiary/aromatic N) is 3. The van der Waals surface area contributed by atoms with Gasteiger partial charge in [0.1, 0.15) is 47.8 Å². The number of aliphatic hydroxyl groups is 4. The van der Waals surface area contributed by atoms with Gasteiger partial charge in [-0.15, -0.1) is 0 Å². The van der Waals surface area contributed by atoms with Crippen molar-refractivity contribution in [2.24, 2.45) is 0 Å². The van der Waals surface area contributed by atoms with Gasteiger partial charge in [0.15, 0.2) is 6.29 Å². The summed E-state index contributed by atoms with van der Waals surface area (Å²) in [7, 11) is 1.65. The summed E-state index contributed by atoms with van der Waals surface area (Å²) in [4.78, 5) is 2.24. The zero-order valence-electron chi connectivity index (χ0n) is 33.0. The summed E-state index contributed by atoms with van der Waals surface area (Å²) in [5.74, 6) is 0.681. The average Bonchev–Trinajstić information content (AvgIpc) is 3.77. The van der Waals surface area contributed by atoms with Crippen molar-refractivity contribution in [1.29, 1.82) is 0 Å². The van der Waals surface area contributed by atoms with E-state index in [-0.39, 0.29) is 19.8 Å². The van der Waals surface area contributed by atoms with Crippen LogP contribution in [0.5, 0.6) is 5.75 Å². The minimum absolute atomic E-state index is 0.0652. The summed E-state index contributed by atoms with van der Waals surface area (Å²) in [5, 5.41) is 39.2. The number of methoxy groups -OCH3 is 1. The molecule has 16 heteroatoms. The molecular weight excluding hydrogens is 783 g/mol. The van der Waals surface area contributed by atoms with E-state index < -0.39 is 37.3 Å². The van der Waals surface area contributed by atoms with Crippen LogP contribution in [0.25, 0.3) is 33.3 Å². The van der Waals surface area contributed by atoms with E-state index in [4.69, 9.17) is 42.3 Å². The van der Waals surface area contributed by atoms with Gasteiger partial charge in [-0.3, -0.25) is 0 Å². The van der Waals surface area contributed by atoms with Crippen molar-refractivity contribution < 1.29 is 58.3 Å². The maximum absolute atomic E-state index is 10.1. The molecule has 4 N–H and O–H groups in total. The Balaban J connectivity index is 0.981. The predicted octanol–water partition coefficient (Wildman–Crippen LogP) is 4.07. The second-order valence-corrected chi connectivity index (χ2v) is 14.1. The minimum atomic E-state index is -1.49. The molecule has 0 spiro atoms. The molecule has 6 rings (SSSR count). The molecule has 0 saturated carbocycles. The molecule has 1 fully saturated rings. The quantitative estimate of drug-likeness (QED) is 0.0617. The van der Waals surface area contributed by atoms with Crippen LogP contribution in [0.15, 0.2) is 91.0 Å². The summed E-state index contributed by atoms with van der Waals surface area (Å²) >= 11 is 1.19. The molecule has 1 aromatic heterocycles. The molecule has 4 aromatic carbocycles. The number of para-hydroxylation sites is 1. The lowest BCUT2D eigenvalue weighted by Gasteiger charge is -2.39. The summed E-state index contributed by atoms with van der Waals surface area (Å²) in [6.07, 6.45) is -6.60. The lowest BCUT2D eigenvalue weighted by atomic mass is 9.97. The highest BCUT2D eigenvalue weighted by molar-refractivity contribution is 7.00. The second kappa shape index (κ2) is 23.6. The molecule has 318 valence electrons. The molecule has 2 heterocycles. The van der Waals surface area contributed by atoms with E-state index in [1.165, 1.54) is 11.7 Å². The number of aromatic nitrogens is 2. The Morgan fingerprint density at radius 3 is 1.75 bits per heavy atom. The molecule has 5 aromatic rings. The van der Waals surface area contributed by atoms with Gasteiger partial charge < -0.3 is 63.2 Å². The molecule has 0 aliphatic carbocycles. The van der Waals surface area contributed by atoms with E-state index in [0.717, 1.165) is 44.7 Å². The van der Waals surface area contributed by atoms with Crippen LogP contribution < -0.4 is 9.64 Å². The summed E-state index contributed by atoms with van der Waals surface area (Å²) in [5.41, 5.74) is 7.79. The fourth-order valence-electron chi connectivity index (χ4n) is 6.49. The largest absolute Gasteiger partial charge is 0.491 e. The van der Waals surface area contributed by atoms with E-state index >= 15 is 0 Å². The van der Waals surface area contributed by atoms with E-state index in [9.17, 15) is 20.4 Å². The number of fused-ring (bicyclic) bond motifs is 1. The molecule has 0 radical (unpaired) electrons. The summed E-state index contributed by atoms with van der Waals surface area (Å²) in [6, 6.07) is 30.7. The Hall–Kier alpha value is -4.14.